The zero-order valence-corrected chi connectivity index (χ0v) is 12.7. The van der Waals surface area contributed by atoms with E-state index in [0.717, 1.165) is 24.3 Å². The summed E-state index contributed by atoms with van der Waals surface area (Å²) in [4.78, 5) is 6.79. The number of guanidine groups is 1. The number of hydrogen-bond acceptors (Lipinski definition) is 1. The van der Waals surface area contributed by atoms with Gasteiger partial charge >= 0.3 is 0 Å². The Balaban J connectivity index is 0.00000128. The predicted octanol–water partition coefficient (Wildman–Crippen LogP) is 2.32. The van der Waals surface area contributed by atoms with Gasteiger partial charge in [0.25, 0.3) is 0 Å². The lowest BCUT2D eigenvalue weighted by Gasteiger charge is -2.33. The first-order chi connectivity index (χ1) is 7.29. The van der Waals surface area contributed by atoms with E-state index in [2.05, 4.69) is 22.1 Å². The second-order valence-corrected chi connectivity index (χ2v) is 5.06. The molecule has 1 heterocycles. The minimum absolute atomic E-state index is 0. The molecule has 0 aromatic rings. The normalized spacial score (nSPS) is 26.2. The second kappa shape index (κ2) is 6.67. The van der Waals surface area contributed by atoms with Crippen molar-refractivity contribution in [3.8, 4) is 0 Å². The predicted molar refractivity (Wildman–Crippen MR) is 79.5 cm³/mol. The van der Waals surface area contributed by atoms with Gasteiger partial charge in [-0.15, -0.1) is 24.0 Å². The summed E-state index contributed by atoms with van der Waals surface area (Å²) in [6, 6.07) is 0. The van der Waals surface area contributed by atoms with E-state index in [9.17, 15) is 0 Å². The molecular formula is C12H24IN3. The van der Waals surface area contributed by atoms with Crippen LogP contribution in [0.4, 0.5) is 0 Å². The van der Waals surface area contributed by atoms with Crippen LogP contribution >= 0.6 is 24.0 Å². The maximum absolute atomic E-state index is 4.38. The average Bonchev–Trinajstić information content (AvgIpc) is 3.03. The zero-order chi connectivity index (χ0) is 10.7. The van der Waals surface area contributed by atoms with Gasteiger partial charge in [-0.05, 0) is 37.5 Å². The number of hydrogen-bond donors (Lipinski definition) is 1. The third kappa shape index (κ3) is 4.11. The van der Waals surface area contributed by atoms with E-state index in [1.807, 2.05) is 7.05 Å². The first kappa shape index (κ1) is 14.1. The lowest BCUT2D eigenvalue weighted by Crippen LogP contribution is -2.46. The highest BCUT2D eigenvalue weighted by atomic mass is 127. The lowest BCUT2D eigenvalue weighted by atomic mass is 10.0. The number of piperidine rings is 1. The number of aliphatic imine (C=N–C) groups is 1. The highest BCUT2D eigenvalue weighted by Crippen LogP contribution is 2.27. The summed E-state index contributed by atoms with van der Waals surface area (Å²) in [7, 11) is 1.90. The number of rotatable bonds is 2. The van der Waals surface area contributed by atoms with Crippen molar-refractivity contribution in [1.82, 2.24) is 10.2 Å². The molecule has 1 N–H and O–H groups in total. The number of nitrogens with one attached hydrogen (secondary N) is 1. The molecule has 94 valence electrons. The van der Waals surface area contributed by atoms with Gasteiger partial charge in [-0.1, -0.05) is 6.92 Å². The van der Waals surface area contributed by atoms with Gasteiger partial charge in [-0.2, -0.15) is 0 Å². The molecule has 16 heavy (non-hydrogen) atoms. The maximum atomic E-state index is 4.38. The summed E-state index contributed by atoms with van der Waals surface area (Å²) in [6.07, 6.45) is 5.49. The first-order valence-electron chi connectivity index (χ1n) is 6.25. The van der Waals surface area contributed by atoms with Gasteiger partial charge in [0.05, 0.1) is 0 Å². The van der Waals surface area contributed by atoms with Crippen LogP contribution in [0, 0.1) is 11.8 Å². The average molecular weight is 337 g/mol. The summed E-state index contributed by atoms with van der Waals surface area (Å²) in [5, 5.41) is 3.50. The number of halogens is 1. The van der Waals surface area contributed by atoms with Crippen LogP contribution in [-0.2, 0) is 0 Å². The quantitative estimate of drug-likeness (QED) is 0.476. The molecule has 1 atom stereocenters. The summed E-state index contributed by atoms with van der Waals surface area (Å²) in [5.74, 6) is 2.86. The first-order valence-corrected chi connectivity index (χ1v) is 6.25. The Hall–Kier alpha value is 0. The Kier molecular flexibility index (Phi) is 5.86. The topological polar surface area (TPSA) is 27.6 Å². The van der Waals surface area contributed by atoms with Crippen LogP contribution in [0.5, 0.6) is 0 Å². The molecule has 1 aliphatic heterocycles. The maximum Gasteiger partial charge on any atom is 0.193 e. The smallest absolute Gasteiger partial charge is 0.193 e. The monoisotopic (exact) mass is 337 g/mol. The van der Waals surface area contributed by atoms with Gasteiger partial charge in [0.15, 0.2) is 5.96 Å². The summed E-state index contributed by atoms with van der Waals surface area (Å²) >= 11 is 0. The molecule has 1 saturated heterocycles. The van der Waals surface area contributed by atoms with Gasteiger partial charge in [0.2, 0.25) is 0 Å². The van der Waals surface area contributed by atoms with Gasteiger partial charge in [-0.25, -0.2) is 0 Å². The lowest BCUT2D eigenvalue weighted by molar-refractivity contribution is 0.266. The van der Waals surface area contributed by atoms with Crippen LogP contribution in [0.25, 0.3) is 0 Å². The van der Waals surface area contributed by atoms with Crippen LogP contribution in [0.1, 0.15) is 32.6 Å². The van der Waals surface area contributed by atoms with Crippen LogP contribution in [0.15, 0.2) is 4.99 Å². The van der Waals surface area contributed by atoms with E-state index in [4.69, 9.17) is 0 Å². The zero-order valence-electron chi connectivity index (χ0n) is 10.4. The molecular weight excluding hydrogens is 313 g/mol. The second-order valence-electron chi connectivity index (χ2n) is 5.06. The molecule has 4 heteroatoms. The highest BCUT2D eigenvalue weighted by Gasteiger charge is 2.23. The fraction of sp³-hybridized carbons (Fsp3) is 0.917. The van der Waals surface area contributed by atoms with Crippen molar-refractivity contribution in [2.45, 2.75) is 32.6 Å². The molecule has 2 fully saturated rings. The van der Waals surface area contributed by atoms with Crippen molar-refractivity contribution in [2.24, 2.45) is 16.8 Å². The Bertz CT molecular complexity index is 238. The summed E-state index contributed by atoms with van der Waals surface area (Å²) < 4.78 is 0. The van der Waals surface area contributed by atoms with E-state index in [-0.39, 0.29) is 24.0 Å². The third-order valence-corrected chi connectivity index (χ3v) is 3.41. The van der Waals surface area contributed by atoms with Crippen LogP contribution in [0.2, 0.25) is 0 Å². The van der Waals surface area contributed by atoms with E-state index in [1.165, 1.54) is 38.8 Å². The Labute approximate surface area is 116 Å². The van der Waals surface area contributed by atoms with Crippen LogP contribution in [-0.4, -0.2) is 37.5 Å². The summed E-state index contributed by atoms with van der Waals surface area (Å²) in [5.41, 5.74) is 0. The van der Waals surface area contributed by atoms with Crippen molar-refractivity contribution in [3.63, 3.8) is 0 Å². The van der Waals surface area contributed by atoms with Crippen LogP contribution in [0.3, 0.4) is 0 Å². The van der Waals surface area contributed by atoms with Crippen LogP contribution < -0.4 is 5.32 Å². The van der Waals surface area contributed by atoms with E-state index >= 15 is 0 Å². The highest BCUT2D eigenvalue weighted by molar-refractivity contribution is 14.0. The fourth-order valence-corrected chi connectivity index (χ4v) is 2.27. The Morgan fingerprint density at radius 3 is 2.69 bits per heavy atom. The molecule has 2 rings (SSSR count). The Morgan fingerprint density at radius 1 is 1.38 bits per heavy atom. The molecule has 0 aromatic heterocycles. The molecule has 1 saturated carbocycles. The molecule has 2 aliphatic rings. The molecule has 0 radical (unpaired) electrons. The fourth-order valence-electron chi connectivity index (χ4n) is 2.27. The standard InChI is InChI=1S/C12H23N3.HI/c1-10-4-3-7-15(9-10)12(13-2)14-8-11-5-6-11;/h10-11H,3-9H2,1-2H3,(H,13,14);1H. The van der Waals surface area contributed by atoms with Gasteiger partial charge in [0, 0.05) is 26.7 Å². The molecule has 0 bridgehead atoms. The number of likely N-dealkylation sites (tertiary alicyclic amines) is 1. The summed E-state index contributed by atoms with van der Waals surface area (Å²) in [6.45, 7) is 5.80. The molecule has 0 spiro atoms. The minimum Gasteiger partial charge on any atom is -0.356 e. The van der Waals surface area contributed by atoms with Gasteiger partial charge in [0.1, 0.15) is 0 Å². The third-order valence-electron chi connectivity index (χ3n) is 3.41. The molecule has 1 aliphatic carbocycles. The largest absolute Gasteiger partial charge is 0.356 e. The van der Waals surface area contributed by atoms with Crippen molar-refractivity contribution < 1.29 is 0 Å². The van der Waals surface area contributed by atoms with E-state index in [0.29, 0.717) is 0 Å². The van der Waals surface area contributed by atoms with E-state index in [1.54, 1.807) is 0 Å². The Morgan fingerprint density at radius 2 is 2.12 bits per heavy atom. The van der Waals surface area contributed by atoms with Crippen molar-refractivity contribution in [3.05, 3.63) is 0 Å². The molecule has 0 aromatic carbocycles. The van der Waals surface area contributed by atoms with Gasteiger partial charge < -0.3 is 10.2 Å². The minimum atomic E-state index is 0. The van der Waals surface area contributed by atoms with Crippen molar-refractivity contribution >= 4 is 29.9 Å². The van der Waals surface area contributed by atoms with E-state index < -0.39 is 0 Å². The molecule has 0 amide bonds. The SMILES string of the molecule is CN=C(NCC1CC1)N1CCCC(C)C1.I. The molecule has 1 unspecified atom stereocenters. The molecule has 3 nitrogen and oxygen atoms in total. The van der Waals surface area contributed by atoms with Crippen molar-refractivity contribution in [1.29, 1.82) is 0 Å². The van der Waals surface area contributed by atoms with Gasteiger partial charge in [-0.3, -0.25) is 4.99 Å². The number of nitrogens with zero attached hydrogens (tertiary/aromatic N) is 2. The van der Waals surface area contributed by atoms with Crippen molar-refractivity contribution in [2.75, 3.05) is 26.7 Å².